The number of hydrogen-bond acceptors (Lipinski definition) is 3. The normalized spacial score (nSPS) is 12.4. The Bertz CT molecular complexity index is 418. The number of rotatable bonds is 1. The minimum atomic E-state index is -0.0844. The van der Waals surface area contributed by atoms with E-state index in [0.717, 1.165) is 11.4 Å². The molecule has 0 atom stereocenters. The first-order valence-electron chi connectivity index (χ1n) is 4.94. The molecule has 1 aliphatic heterocycles. The van der Waals surface area contributed by atoms with Crippen molar-refractivity contribution >= 4 is 11.7 Å². The Morgan fingerprint density at radius 3 is 2.56 bits per heavy atom. The fourth-order valence-electron chi connectivity index (χ4n) is 1.50. The zero-order chi connectivity index (χ0) is 11.7. The van der Waals surface area contributed by atoms with Crippen LogP contribution in [0.4, 0.5) is 10.5 Å². The molecule has 0 saturated carbocycles. The number of nitrogens with zero attached hydrogens (tertiary/aromatic N) is 2. The fourth-order valence-corrected chi connectivity index (χ4v) is 1.50. The van der Waals surface area contributed by atoms with Crippen LogP contribution >= 0.6 is 0 Å². The SMILES string of the molecule is CN(C)C(=O)N(C)c1ccc2c(c1)OCO2. The summed E-state index contributed by atoms with van der Waals surface area (Å²) in [7, 11) is 5.15. The summed E-state index contributed by atoms with van der Waals surface area (Å²) in [5, 5.41) is 0. The van der Waals surface area contributed by atoms with Gasteiger partial charge in [0.15, 0.2) is 11.5 Å². The third-order valence-electron chi connectivity index (χ3n) is 2.41. The van der Waals surface area contributed by atoms with E-state index in [1.54, 1.807) is 38.2 Å². The molecule has 0 spiro atoms. The number of anilines is 1. The maximum Gasteiger partial charge on any atom is 0.323 e. The number of ether oxygens (including phenoxy) is 2. The van der Waals surface area contributed by atoms with Gasteiger partial charge in [-0.2, -0.15) is 0 Å². The van der Waals surface area contributed by atoms with E-state index >= 15 is 0 Å². The second-order valence-corrected chi connectivity index (χ2v) is 3.77. The summed E-state index contributed by atoms with van der Waals surface area (Å²) in [4.78, 5) is 14.8. The minimum Gasteiger partial charge on any atom is -0.454 e. The number of amides is 2. The van der Waals surface area contributed by atoms with E-state index in [9.17, 15) is 4.79 Å². The fraction of sp³-hybridized carbons (Fsp3) is 0.364. The highest BCUT2D eigenvalue weighted by atomic mass is 16.7. The van der Waals surface area contributed by atoms with Crippen molar-refractivity contribution in [3.63, 3.8) is 0 Å². The summed E-state index contributed by atoms with van der Waals surface area (Å²) in [5.74, 6) is 1.39. The van der Waals surface area contributed by atoms with Gasteiger partial charge >= 0.3 is 6.03 Å². The van der Waals surface area contributed by atoms with Crippen LogP contribution in [0.2, 0.25) is 0 Å². The molecule has 1 aliphatic rings. The molecule has 0 radical (unpaired) electrons. The average Bonchev–Trinajstić information content (AvgIpc) is 2.73. The molecule has 0 unspecified atom stereocenters. The van der Waals surface area contributed by atoms with Crippen molar-refractivity contribution in [2.24, 2.45) is 0 Å². The first-order chi connectivity index (χ1) is 7.59. The smallest absolute Gasteiger partial charge is 0.323 e. The molecule has 5 heteroatoms. The molecule has 1 heterocycles. The van der Waals surface area contributed by atoms with Gasteiger partial charge in [0.05, 0.1) is 0 Å². The van der Waals surface area contributed by atoms with Crippen LogP contribution in [-0.4, -0.2) is 38.9 Å². The summed E-state index contributed by atoms with van der Waals surface area (Å²) in [5.41, 5.74) is 0.781. The summed E-state index contributed by atoms with van der Waals surface area (Å²) >= 11 is 0. The predicted molar refractivity (Wildman–Crippen MR) is 60.1 cm³/mol. The van der Waals surface area contributed by atoms with Crippen molar-refractivity contribution in [3.05, 3.63) is 18.2 Å². The molecule has 5 nitrogen and oxygen atoms in total. The summed E-state index contributed by atoms with van der Waals surface area (Å²) in [6.45, 7) is 0.240. The van der Waals surface area contributed by atoms with Gasteiger partial charge in [0.1, 0.15) is 0 Å². The highest BCUT2D eigenvalue weighted by Gasteiger charge is 2.18. The van der Waals surface area contributed by atoms with Crippen LogP contribution in [0.1, 0.15) is 0 Å². The van der Waals surface area contributed by atoms with E-state index in [1.165, 1.54) is 4.90 Å². The monoisotopic (exact) mass is 222 g/mol. The van der Waals surface area contributed by atoms with Gasteiger partial charge in [0.25, 0.3) is 0 Å². The molecular formula is C11H14N2O3. The van der Waals surface area contributed by atoms with E-state index in [1.807, 2.05) is 6.07 Å². The van der Waals surface area contributed by atoms with Crippen LogP contribution in [0.25, 0.3) is 0 Å². The first kappa shape index (κ1) is 10.6. The van der Waals surface area contributed by atoms with Crippen LogP contribution in [0, 0.1) is 0 Å². The van der Waals surface area contributed by atoms with Crippen LogP contribution < -0.4 is 14.4 Å². The third-order valence-corrected chi connectivity index (χ3v) is 2.41. The Balaban J connectivity index is 2.24. The number of benzene rings is 1. The topological polar surface area (TPSA) is 42.0 Å². The van der Waals surface area contributed by atoms with E-state index in [-0.39, 0.29) is 12.8 Å². The number of carbonyl (C=O) groups is 1. The molecule has 0 aliphatic carbocycles. The summed E-state index contributed by atoms with van der Waals surface area (Å²) in [6, 6.07) is 5.34. The quantitative estimate of drug-likeness (QED) is 0.723. The lowest BCUT2D eigenvalue weighted by Crippen LogP contribution is -2.36. The van der Waals surface area contributed by atoms with Gasteiger partial charge in [-0.25, -0.2) is 4.79 Å². The molecule has 0 bridgehead atoms. The van der Waals surface area contributed by atoms with Crippen molar-refractivity contribution in [2.75, 3.05) is 32.8 Å². The van der Waals surface area contributed by atoms with Crippen molar-refractivity contribution in [2.45, 2.75) is 0 Å². The molecular weight excluding hydrogens is 208 g/mol. The lowest BCUT2D eigenvalue weighted by atomic mass is 10.2. The second kappa shape index (κ2) is 3.92. The van der Waals surface area contributed by atoms with Crippen molar-refractivity contribution in [3.8, 4) is 11.5 Å². The van der Waals surface area contributed by atoms with Crippen molar-refractivity contribution in [1.29, 1.82) is 0 Å². The molecule has 0 aromatic heterocycles. The van der Waals surface area contributed by atoms with Crippen LogP contribution in [0.5, 0.6) is 11.5 Å². The first-order valence-corrected chi connectivity index (χ1v) is 4.94. The van der Waals surface area contributed by atoms with Crippen LogP contribution in [0.3, 0.4) is 0 Å². The molecule has 0 N–H and O–H groups in total. The van der Waals surface area contributed by atoms with Crippen LogP contribution in [0.15, 0.2) is 18.2 Å². The lowest BCUT2D eigenvalue weighted by Gasteiger charge is -2.21. The number of urea groups is 1. The van der Waals surface area contributed by atoms with Gasteiger partial charge in [-0.3, -0.25) is 4.90 Å². The minimum absolute atomic E-state index is 0.0844. The van der Waals surface area contributed by atoms with E-state index in [4.69, 9.17) is 9.47 Å². The maximum atomic E-state index is 11.7. The Hall–Kier alpha value is -1.91. The van der Waals surface area contributed by atoms with E-state index in [0.29, 0.717) is 5.75 Å². The van der Waals surface area contributed by atoms with Gasteiger partial charge in [0.2, 0.25) is 6.79 Å². The van der Waals surface area contributed by atoms with Crippen LogP contribution in [-0.2, 0) is 0 Å². The molecule has 0 fully saturated rings. The van der Waals surface area contributed by atoms with E-state index < -0.39 is 0 Å². The van der Waals surface area contributed by atoms with Gasteiger partial charge in [-0.05, 0) is 12.1 Å². The highest BCUT2D eigenvalue weighted by Crippen LogP contribution is 2.35. The summed E-state index contributed by atoms with van der Waals surface area (Å²) in [6.07, 6.45) is 0. The zero-order valence-corrected chi connectivity index (χ0v) is 9.56. The largest absolute Gasteiger partial charge is 0.454 e. The third kappa shape index (κ3) is 1.76. The maximum absolute atomic E-state index is 11.7. The van der Waals surface area contributed by atoms with Crippen molar-refractivity contribution < 1.29 is 14.3 Å². The standard InChI is InChI=1S/C11H14N2O3/c1-12(2)11(14)13(3)8-4-5-9-10(6-8)16-7-15-9/h4-6H,7H2,1-3H3. The molecule has 86 valence electrons. The average molecular weight is 222 g/mol. The Labute approximate surface area is 94.2 Å². The number of hydrogen-bond donors (Lipinski definition) is 0. The zero-order valence-electron chi connectivity index (χ0n) is 9.56. The van der Waals surface area contributed by atoms with Gasteiger partial charge in [-0.1, -0.05) is 0 Å². The molecule has 1 aromatic carbocycles. The Morgan fingerprint density at radius 2 is 1.88 bits per heavy atom. The number of carbonyl (C=O) groups excluding carboxylic acids is 1. The molecule has 0 saturated heterocycles. The number of fused-ring (bicyclic) bond motifs is 1. The predicted octanol–water partition coefficient (Wildman–Crippen LogP) is 1.53. The van der Waals surface area contributed by atoms with Gasteiger partial charge in [0, 0.05) is 32.9 Å². The highest BCUT2D eigenvalue weighted by molar-refractivity contribution is 5.91. The molecule has 1 aromatic rings. The van der Waals surface area contributed by atoms with E-state index in [2.05, 4.69) is 0 Å². The lowest BCUT2D eigenvalue weighted by molar-refractivity contribution is 0.174. The van der Waals surface area contributed by atoms with Crippen molar-refractivity contribution in [1.82, 2.24) is 4.90 Å². The Morgan fingerprint density at radius 1 is 1.19 bits per heavy atom. The summed E-state index contributed by atoms with van der Waals surface area (Å²) < 4.78 is 10.5. The molecule has 2 amide bonds. The van der Waals surface area contributed by atoms with Gasteiger partial charge < -0.3 is 14.4 Å². The molecule has 2 rings (SSSR count). The second-order valence-electron chi connectivity index (χ2n) is 3.77. The van der Waals surface area contributed by atoms with Gasteiger partial charge in [-0.15, -0.1) is 0 Å². The Kier molecular flexibility index (Phi) is 2.60. The molecule has 16 heavy (non-hydrogen) atoms.